The van der Waals surface area contributed by atoms with Crippen LogP contribution in [-0.2, 0) is 0 Å². The average molecular weight is 246 g/mol. The molecule has 1 rings (SSSR count). The molecule has 0 saturated heterocycles. The molecule has 0 aliphatic rings. The molecule has 0 saturated carbocycles. The van der Waals surface area contributed by atoms with Gasteiger partial charge in [0, 0.05) is 5.15 Å². The fourth-order valence-electron chi connectivity index (χ4n) is 0.484. The number of halogens is 1. The topological polar surface area (TPSA) is 12.9 Å². The zero-order valence-electron chi connectivity index (χ0n) is 6.31. The molecule has 4 heteroatoms. The fraction of sp³-hybridized carbons (Fsp3) is 0.500. The Balaban J connectivity index is 0.000000810. The third-order valence-corrected chi connectivity index (χ3v) is 2.30. The van der Waals surface area contributed by atoms with E-state index in [9.17, 15) is 0 Å². The summed E-state index contributed by atoms with van der Waals surface area (Å²) in [5.41, 5.74) is 0. The number of aromatic nitrogens is 1. The molecule has 0 aliphatic carbocycles. The number of rotatable bonds is 1. The number of thiazole rings is 1. The summed E-state index contributed by atoms with van der Waals surface area (Å²) in [6.07, 6.45) is 0. The summed E-state index contributed by atoms with van der Waals surface area (Å²) < 4.78 is 0. The normalized spacial score (nSPS) is 9.60. The van der Waals surface area contributed by atoms with E-state index in [1.54, 1.807) is 0 Å². The van der Waals surface area contributed by atoms with E-state index in [2.05, 4.69) is 24.2 Å². The van der Waals surface area contributed by atoms with Crippen LogP contribution < -0.4 is 58.2 Å². The van der Waals surface area contributed by atoms with E-state index in [0.29, 0.717) is 11.1 Å². The van der Waals surface area contributed by atoms with Crippen molar-refractivity contribution in [1.29, 1.82) is 0 Å². The molecule has 0 spiro atoms. The van der Waals surface area contributed by atoms with Crippen LogP contribution in [0, 0.1) is 5.38 Å². The van der Waals surface area contributed by atoms with Gasteiger partial charge in [-0.15, -0.1) is 5.38 Å². The van der Waals surface area contributed by atoms with Crippen molar-refractivity contribution in [3.63, 3.8) is 0 Å². The van der Waals surface area contributed by atoms with E-state index in [1.807, 2.05) is 0 Å². The molecule has 0 aromatic carbocycles. The predicted octanol–water partition coefficient (Wildman–Crippen LogP) is -0.276. The first-order chi connectivity index (χ1) is 4.20. The molecule has 1 aromatic rings. The molecular formula is C6H7ClNRbS. The maximum Gasteiger partial charge on any atom is 1.00 e. The van der Waals surface area contributed by atoms with Crippen LogP contribution in [-0.4, -0.2) is 4.98 Å². The molecule has 0 aliphatic heterocycles. The van der Waals surface area contributed by atoms with E-state index in [-0.39, 0.29) is 58.2 Å². The Morgan fingerprint density at radius 2 is 2.20 bits per heavy atom. The Morgan fingerprint density at radius 1 is 1.60 bits per heavy atom. The molecule has 0 amide bonds. The Labute approximate surface area is 119 Å². The number of hydrogen-bond acceptors (Lipinski definition) is 2. The van der Waals surface area contributed by atoms with E-state index in [4.69, 9.17) is 11.6 Å². The van der Waals surface area contributed by atoms with Gasteiger partial charge >= 0.3 is 58.2 Å². The van der Waals surface area contributed by atoms with Crippen molar-refractivity contribution in [2.24, 2.45) is 0 Å². The van der Waals surface area contributed by atoms with E-state index < -0.39 is 0 Å². The maximum atomic E-state index is 5.55. The maximum absolute atomic E-state index is 5.55. The van der Waals surface area contributed by atoms with Gasteiger partial charge in [0.1, 0.15) is 0 Å². The van der Waals surface area contributed by atoms with Crippen molar-refractivity contribution in [2.45, 2.75) is 19.8 Å². The average Bonchev–Trinajstić information content (AvgIpc) is 2.14. The fourth-order valence-corrected chi connectivity index (χ4v) is 1.35. The van der Waals surface area contributed by atoms with Gasteiger partial charge in [0.25, 0.3) is 0 Å². The van der Waals surface area contributed by atoms with Gasteiger partial charge in [-0.25, -0.2) is 0 Å². The monoisotopic (exact) mass is 245 g/mol. The van der Waals surface area contributed by atoms with Gasteiger partial charge in [0.15, 0.2) is 0 Å². The second kappa shape index (κ2) is 5.38. The minimum atomic E-state index is 0. The van der Waals surface area contributed by atoms with Crippen molar-refractivity contribution >= 4 is 22.9 Å². The molecule has 0 radical (unpaired) electrons. The second-order valence-corrected chi connectivity index (χ2v) is 3.28. The van der Waals surface area contributed by atoms with Crippen LogP contribution in [0.5, 0.6) is 0 Å². The first-order valence-corrected chi connectivity index (χ1v) is 3.93. The van der Waals surface area contributed by atoms with Gasteiger partial charge in [-0.05, 0) is 0 Å². The molecule has 0 N–H and O–H groups in total. The smallest absolute Gasteiger partial charge is 0.344 e. The third-order valence-electron chi connectivity index (χ3n) is 0.942. The van der Waals surface area contributed by atoms with Crippen molar-refractivity contribution < 1.29 is 58.2 Å². The van der Waals surface area contributed by atoms with Crippen LogP contribution in [0.2, 0.25) is 5.15 Å². The van der Waals surface area contributed by atoms with Crippen LogP contribution >= 0.6 is 22.9 Å². The van der Waals surface area contributed by atoms with Gasteiger partial charge in [0.05, 0.1) is 0 Å². The molecular weight excluding hydrogens is 239 g/mol. The van der Waals surface area contributed by atoms with Crippen molar-refractivity contribution in [1.82, 2.24) is 4.98 Å². The third kappa shape index (κ3) is 3.41. The Morgan fingerprint density at radius 3 is 2.40 bits per heavy atom. The second-order valence-electron chi connectivity index (χ2n) is 2.10. The minimum absolute atomic E-state index is 0. The summed E-state index contributed by atoms with van der Waals surface area (Å²) in [5.74, 6) is 0.471. The summed E-state index contributed by atoms with van der Waals surface area (Å²) in [6, 6.07) is 0. The van der Waals surface area contributed by atoms with E-state index in [0.717, 1.165) is 5.01 Å². The molecule has 0 atom stereocenters. The molecule has 50 valence electrons. The van der Waals surface area contributed by atoms with Crippen LogP contribution in [0.1, 0.15) is 24.8 Å². The van der Waals surface area contributed by atoms with Crippen LogP contribution in [0.4, 0.5) is 0 Å². The standard InChI is InChI=1S/C6H7ClNS.Rb/c1-4(2)6-8-5(7)3-9-6;/h4H,1-2H3;/q-1;+1. The quantitative estimate of drug-likeness (QED) is 0.621. The largest absolute Gasteiger partial charge is 1.00 e. The molecule has 0 bridgehead atoms. The first kappa shape index (κ1) is 11.7. The van der Waals surface area contributed by atoms with Crippen molar-refractivity contribution in [3.05, 3.63) is 15.5 Å². The van der Waals surface area contributed by atoms with E-state index in [1.165, 1.54) is 11.3 Å². The molecule has 1 aromatic heterocycles. The van der Waals surface area contributed by atoms with Crippen LogP contribution in [0.3, 0.4) is 0 Å². The molecule has 0 unspecified atom stereocenters. The van der Waals surface area contributed by atoms with Gasteiger partial charge < -0.3 is 16.3 Å². The molecule has 10 heavy (non-hydrogen) atoms. The molecule has 1 nitrogen and oxygen atoms in total. The first-order valence-electron chi connectivity index (χ1n) is 2.74. The number of nitrogens with zero attached hydrogens (tertiary/aromatic N) is 1. The summed E-state index contributed by atoms with van der Waals surface area (Å²) in [5, 5.41) is 4.39. The minimum Gasteiger partial charge on any atom is -0.344 e. The Bertz CT molecular complexity index is 199. The zero-order chi connectivity index (χ0) is 6.85. The van der Waals surface area contributed by atoms with Crippen LogP contribution in [0.25, 0.3) is 0 Å². The summed E-state index contributed by atoms with van der Waals surface area (Å²) in [7, 11) is 0. The van der Waals surface area contributed by atoms with Crippen LogP contribution in [0.15, 0.2) is 0 Å². The molecule has 1 heterocycles. The summed E-state index contributed by atoms with van der Waals surface area (Å²) >= 11 is 7.04. The van der Waals surface area contributed by atoms with Gasteiger partial charge in [-0.2, -0.15) is 0 Å². The van der Waals surface area contributed by atoms with Gasteiger partial charge in [-0.1, -0.05) is 36.4 Å². The van der Waals surface area contributed by atoms with E-state index >= 15 is 0 Å². The zero-order valence-corrected chi connectivity index (χ0v) is 12.8. The Kier molecular flexibility index (Phi) is 6.31. The summed E-state index contributed by atoms with van der Waals surface area (Å²) in [6.45, 7) is 4.17. The molecule has 0 fully saturated rings. The predicted molar refractivity (Wildman–Crippen MR) is 40.0 cm³/mol. The number of hydrogen-bond donors (Lipinski definition) is 0. The van der Waals surface area contributed by atoms with Crippen molar-refractivity contribution in [3.8, 4) is 0 Å². The SMILES string of the molecule is CC(C)c1nc(Cl)[c-]s1.[Rb+]. The Hall–Kier alpha value is 1.73. The van der Waals surface area contributed by atoms with Crippen molar-refractivity contribution in [2.75, 3.05) is 0 Å². The summed E-state index contributed by atoms with van der Waals surface area (Å²) in [4.78, 5) is 4.04. The van der Waals surface area contributed by atoms with Gasteiger partial charge in [-0.3, -0.25) is 0 Å². The van der Waals surface area contributed by atoms with Gasteiger partial charge in [0.2, 0.25) is 0 Å².